The van der Waals surface area contributed by atoms with E-state index in [4.69, 9.17) is 0 Å². The number of sulfonamides is 1. The molecule has 0 atom stereocenters. The fourth-order valence-electron chi connectivity index (χ4n) is 3.26. The van der Waals surface area contributed by atoms with E-state index in [0.29, 0.717) is 6.42 Å². The summed E-state index contributed by atoms with van der Waals surface area (Å²) in [6.07, 6.45) is 2.98. The molecule has 0 aromatic heterocycles. The molecule has 0 heterocycles. The van der Waals surface area contributed by atoms with Crippen LogP contribution in [0, 0.1) is 6.92 Å². The molecule has 3 aromatic carbocycles. The lowest BCUT2D eigenvalue weighted by molar-refractivity contribution is -0.121. The first-order chi connectivity index (χ1) is 15.9. The van der Waals surface area contributed by atoms with Gasteiger partial charge in [0.05, 0.1) is 17.7 Å². The van der Waals surface area contributed by atoms with Gasteiger partial charge in [0.25, 0.3) is 5.91 Å². The van der Waals surface area contributed by atoms with E-state index in [1.807, 2.05) is 61.5 Å². The molecule has 1 N–H and O–H groups in total. The van der Waals surface area contributed by atoms with Gasteiger partial charge in [-0.2, -0.15) is 9.41 Å². The highest BCUT2D eigenvalue weighted by atomic mass is 32.2. The van der Waals surface area contributed by atoms with Crippen molar-refractivity contribution in [1.82, 2.24) is 9.73 Å². The lowest BCUT2D eigenvalue weighted by Gasteiger charge is -2.21. The normalized spacial score (nSPS) is 11.7. The highest BCUT2D eigenvalue weighted by molar-refractivity contribution is 7.89. The van der Waals surface area contributed by atoms with Crippen molar-refractivity contribution >= 4 is 22.1 Å². The van der Waals surface area contributed by atoms with Crippen LogP contribution in [0.3, 0.4) is 0 Å². The Kier molecular flexibility index (Phi) is 8.52. The van der Waals surface area contributed by atoms with Gasteiger partial charge in [-0.15, -0.1) is 0 Å². The Balaban J connectivity index is 1.71. The minimum absolute atomic E-state index is 0.161. The first kappa shape index (κ1) is 24.4. The summed E-state index contributed by atoms with van der Waals surface area (Å²) in [5.41, 5.74) is 6.47. The van der Waals surface area contributed by atoms with Gasteiger partial charge in [0.1, 0.15) is 0 Å². The van der Waals surface area contributed by atoms with Crippen molar-refractivity contribution in [3.05, 3.63) is 101 Å². The fraction of sp³-hybridized carbons (Fsp3) is 0.231. The average molecular weight is 464 g/mol. The lowest BCUT2D eigenvalue weighted by atomic mass is 10.1. The Morgan fingerprint density at radius 2 is 1.61 bits per heavy atom. The summed E-state index contributed by atoms with van der Waals surface area (Å²) in [6.45, 7) is 3.83. The quantitative estimate of drug-likeness (QED) is 0.365. The summed E-state index contributed by atoms with van der Waals surface area (Å²) in [6, 6.07) is 24.1. The van der Waals surface area contributed by atoms with E-state index >= 15 is 0 Å². The average Bonchev–Trinajstić information content (AvgIpc) is 2.83. The molecule has 0 aliphatic carbocycles. The van der Waals surface area contributed by atoms with E-state index in [-0.39, 0.29) is 18.0 Å². The van der Waals surface area contributed by atoms with Crippen LogP contribution in [0.5, 0.6) is 0 Å². The lowest BCUT2D eigenvalue weighted by Crippen LogP contribution is -2.40. The number of amides is 1. The van der Waals surface area contributed by atoms with Crippen LogP contribution < -0.4 is 5.43 Å². The molecule has 0 fully saturated rings. The van der Waals surface area contributed by atoms with Gasteiger partial charge in [-0.05, 0) is 48.6 Å². The summed E-state index contributed by atoms with van der Waals surface area (Å²) in [4.78, 5) is 12.7. The van der Waals surface area contributed by atoms with Crippen LogP contribution in [0.4, 0.5) is 0 Å². The van der Waals surface area contributed by atoms with Crippen LogP contribution in [0.25, 0.3) is 0 Å². The summed E-state index contributed by atoms with van der Waals surface area (Å²) in [5.74, 6) is -0.500. The van der Waals surface area contributed by atoms with E-state index < -0.39 is 15.9 Å². The smallest absolute Gasteiger partial charge is 0.255 e. The van der Waals surface area contributed by atoms with E-state index in [2.05, 4.69) is 17.5 Å². The predicted octanol–water partition coefficient (Wildman–Crippen LogP) is 3.94. The molecule has 33 heavy (non-hydrogen) atoms. The molecule has 0 unspecified atom stereocenters. The first-order valence-corrected chi connectivity index (χ1v) is 12.3. The number of nitrogens with zero attached hydrogens (tertiary/aromatic N) is 2. The van der Waals surface area contributed by atoms with Crippen molar-refractivity contribution in [2.24, 2.45) is 5.10 Å². The van der Waals surface area contributed by atoms with Crippen LogP contribution >= 0.6 is 0 Å². The van der Waals surface area contributed by atoms with E-state index in [1.165, 1.54) is 9.87 Å². The number of nitrogens with one attached hydrogen (secondary N) is 1. The fourth-order valence-corrected chi connectivity index (χ4v) is 4.65. The van der Waals surface area contributed by atoms with Crippen molar-refractivity contribution in [2.75, 3.05) is 13.1 Å². The van der Waals surface area contributed by atoms with Crippen molar-refractivity contribution in [3.63, 3.8) is 0 Å². The Morgan fingerprint density at radius 3 is 2.24 bits per heavy atom. The number of rotatable bonds is 10. The number of hydrazone groups is 1. The maximum Gasteiger partial charge on any atom is 0.255 e. The molecule has 0 aliphatic rings. The third-order valence-electron chi connectivity index (χ3n) is 5.26. The van der Waals surface area contributed by atoms with E-state index in [1.54, 1.807) is 30.5 Å². The second kappa shape index (κ2) is 11.5. The van der Waals surface area contributed by atoms with Crippen molar-refractivity contribution in [3.8, 4) is 0 Å². The Bertz CT molecular complexity index is 1170. The van der Waals surface area contributed by atoms with Crippen molar-refractivity contribution in [1.29, 1.82) is 0 Å². The molecule has 0 bridgehead atoms. The molecule has 6 nitrogen and oxygen atoms in total. The standard InChI is InChI=1S/C26H29N3O3S/c1-3-22-11-13-24(14-12-22)19-27-28-26(30)20-29(18-17-23-7-5-4-6-8-23)33(31,32)25-15-9-21(2)10-16-25/h4-16,19H,3,17-18,20H2,1-2H3,(H,28,30)/b27-19-. The van der Waals surface area contributed by atoms with E-state index in [9.17, 15) is 13.2 Å². The number of carbonyl (C=O) groups excluding carboxylic acids is 1. The van der Waals surface area contributed by atoms with Gasteiger partial charge < -0.3 is 0 Å². The Hall–Kier alpha value is -3.29. The SMILES string of the molecule is CCc1ccc(/C=N\NC(=O)CN(CCc2ccccc2)S(=O)(=O)c2ccc(C)cc2)cc1. The number of hydrogen-bond acceptors (Lipinski definition) is 4. The molecule has 0 spiro atoms. The molecule has 0 radical (unpaired) electrons. The molecule has 7 heteroatoms. The zero-order chi connectivity index (χ0) is 23.7. The first-order valence-electron chi connectivity index (χ1n) is 10.9. The largest absolute Gasteiger partial charge is 0.272 e. The Labute approximate surface area is 196 Å². The van der Waals surface area contributed by atoms with Crippen LogP contribution in [0.2, 0.25) is 0 Å². The van der Waals surface area contributed by atoms with Gasteiger partial charge in [-0.1, -0.05) is 79.2 Å². The summed E-state index contributed by atoms with van der Waals surface area (Å²) >= 11 is 0. The maximum atomic E-state index is 13.3. The maximum absolute atomic E-state index is 13.3. The van der Waals surface area contributed by atoms with Gasteiger partial charge >= 0.3 is 0 Å². The van der Waals surface area contributed by atoms with Crippen LogP contribution in [-0.2, 0) is 27.7 Å². The third-order valence-corrected chi connectivity index (χ3v) is 7.12. The topological polar surface area (TPSA) is 78.8 Å². The van der Waals surface area contributed by atoms with Gasteiger partial charge in [0.2, 0.25) is 10.0 Å². The van der Waals surface area contributed by atoms with Gasteiger partial charge in [-0.25, -0.2) is 13.8 Å². The predicted molar refractivity (Wildman–Crippen MR) is 132 cm³/mol. The van der Waals surface area contributed by atoms with Gasteiger partial charge in [0, 0.05) is 6.54 Å². The number of carbonyl (C=O) groups is 1. The molecule has 0 aliphatic heterocycles. The zero-order valence-corrected chi connectivity index (χ0v) is 19.8. The van der Waals surface area contributed by atoms with Crippen LogP contribution in [0.1, 0.15) is 29.2 Å². The zero-order valence-electron chi connectivity index (χ0n) is 18.9. The Morgan fingerprint density at radius 1 is 0.939 bits per heavy atom. The molecular weight excluding hydrogens is 434 g/mol. The van der Waals surface area contributed by atoms with Gasteiger partial charge in [0.15, 0.2) is 0 Å². The number of benzene rings is 3. The molecule has 1 amide bonds. The van der Waals surface area contributed by atoms with Crippen molar-refractivity contribution in [2.45, 2.75) is 31.6 Å². The second-order valence-corrected chi connectivity index (χ2v) is 9.71. The van der Waals surface area contributed by atoms with E-state index in [0.717, 1.165) is 23.1 Å². The molecule has 172 valence electrons. The summed E-state index contributed by atoms with van der Waals surface area (Å²) < 4.78 is 27.7. The van der Waals surface area contributed by atoms with Crippen molar-refractivity contribution < 1.29 is 13.2 Å². The molecular formula is C26H29N3O3S. The third kappa shape index (κ3) is 7.10. The summed E-state index contributed by atoms with van der Waals surface area (Å²) in [7, 11) is -3.85. The molecule has 0 saturated heterocycles. The summed E-state index contributed by atoms with van der Waals surface area (Å²) in [5, 5.41) is 3.99. The second-order valence-electron chi connectivity index (χ2n) is 7.78. The molecule has 3 rings (SSSR count). The van der Waals surface area contributed by atoms with Gasteiger partial charge in [-0.3, -0.25) is 4.79 Å². The number of hydrogen-bond donors (Lipinski definition) is 1. The monoisotopic (exact) mass is 463 g/mol. The van der Waals surface area contributed by atoms with Crippen LogP contribution in [-0.4, -0.2) is 37.9 Å². The molecule has 0 saturated carbocycles. The number of aryl methyl sites for hydroxylation is 2. The molecule has 3 aromatic rings. The highest BCUT2D eigenvalue weighted by Crippen LogP contribution is 2.17. The van der Waals surface area contributed by atoms with Crippen LogP contribution in [0.15, 0.2) is 88.9 Å². The minimum atomic E-state index is -3.85. The minimum Gasteiger partial charge on any atom is -0.272 e. The highest BCUT2D eigenvalue weighted by Gasteiger charge is 2.26.